The normalized spacial score (nSPS) is 15.3. The first-order valence-corrected chi connectivity index (χ1v) is 9.38. The molecule has 0 saturated carbocycles. The molecule has 2 heterocycles. The van der Waals surface area contributed by atoms with Crippen molar-refractivity contribution in [2.75, 3.05) is 32.7 Å². The molecule has 1 fully saturated rings. The van der Waals surface area contributed by atoms with Gasteiger partial charge in [-0.25, -0.2) is 9.78 Å². The van der Waals surface area contributed by atoms with Crippen molar-refractivity contribution >= 4 is 23.0 Å². The molecular formula is C20H28N4O3. The van der Waals surface area contributed by atoms with Crippen LogP contribution in [0.15, 0.2) is 22.6 Å². The van der Waals surface area contributed by atoms with Gasteiger partial charge in [-0.3, -0.25) is 4.79 Å². The molecule has 1 N–H and O–H groups in total. The SMILES string of the molecule is Cc1nc2cc(CC(=O)N3CCN(C(=O)NCC(C)(C)C)CC3)ccc2o1. The summed E-state index contributed by atoms with van der Waals surface area (Å²) in [6.07, 6.45) is 0.331. The summed E-state index contributed by atoms with van der Waals surface area (Å²) in [7, 11) is 0. The highest BCUT2D eigenvalue weighted by atomic mass is 16.3. The molecule has 2 aromatic rings. The van der Waals surface area contributed by atoms with E-state index in [1.54, 1.807) is 4.90 Å². The third-order valence-electron chi connectivity index (χ3n) is 4.60. The second-order valence-electron chi connectivity index (χ2n) is 8.30. The molecule has 3 rings (SSSR count). The number of amides is 3. The Hall–Kier alpha value is -2.57. The number of carbonyl (C=O) groups excluding carboxylic acids is 2. The quantitative estimate of drug-likeness (QED) is 0.898. The number of aryl methyl sites for hydroxylation is 1. The van der Waals surface area contributed by atoms with Crippen LogP contribution in [0, 0.1) is 12.3 Å². The summed E-state index contributed by atoms with van der Waals surface area (Å²) < 4.78 is 5.47. The lowest BCUT2D eigenvalue weighted by molar-refractivity contribution is -0.131. The average Bonchev–Trinajstić information content (AvgIpc) is 2.98. The Kier molecular flexibility index (Phi) is 5.39. The van der Waals surface area contributed by atoms with Crippen molar-refractivity contribution in [3.8, 4) is 0 Å². The summed E-state index contributed by atoms with van der Waals surface area (Å²) in [6.45, 7) is 10.9. The second-order valence-corrected chi connectivity index (χ2v) is 8.30. The molecule has 0 atom stereocenters. The average molecular weight is 372 g/mol. The third-order valence-corrected chi connectivity index (χ3v) is 4.60. The number of hydrogen-bond acceptors (Lipinski definition) is 4. The molecule has 146 valence electrons. The Morgan fingerprint density at radius 2 is 1.81 bits per heavy atom. The van der Waals surface area contributed by atoms with Gasteiger partial charge in [0.25, 0.3) is 0 Å². The number of piperazine rings is 1. The molecule has 1 aromatic carbocycles. The smallest absolute Gasteiger partial charge is 0.317 e. The van der Waals surface area contributed by atoms with E-state index >= 15 is 0 Å². The van der Waals surface area contributed by atoms with Gasteiger partial charge in [-0.2, -0.15) is 0 Å². The first-order valence-electron chi connectivity index (χ1n) is 9.38. The highest BCUT2D eigenvalue weighted by molar-refractivity contribution is 5.81. The van der Waals surface area contributed by atoms with Crippen molar-refractivity contribution in [2.45, 2.75) is 34.1 Å². The molecule has 27 heavy (non-hydrogen) atoms. The molecule has 1 aliphatic heterocycles. The van der Waals surface area contributed by atoms with E-state index in [9.17, 15) is 9.59 Å². The van der Waals surface area contributed by atoms with E-state index in [1.807, 2.05) is 30.0 Å². The number of aromatic nitrogens is 1. The fourth-order valence-electron chi connectivity index (χ4n) is 3.10. The van der Waals surface area contributed by atoms with E-state index in [2.05, 4.69) is 31.1 Å². The summed E-state index contributed by atoms with van der Waals surface area (Å²) in [5.41, 5.74) is 2.49. The van der Waals surface area contributed by atoms with Crippen LogP contribution in [-0.2, 0) is 11.2 Å². The highest BCUT2D eigenvalue weighted by Gasteiger charge is 2.25. The number of oxazole rings is 1. The van der Waals surface area contributed by atoms with Crippen LogP contribution in [0.4, 0.5) is 4.79 Å². The Morgan fingerprint density at radius 3 is 2.48 bits per heavy atom. The summed E-state index contributed by atoms with van der Waals surface area (Å²) >= 11 is 0. The lowest BCUT2D eigenvalue weighted by Crippen LogP contribution is -2.54. The summed E-state index contributed by atoms with van der Waals surface area (Å²) in [5.74, 6) is 0.693. The fourth-order valence-corrected chi connectivity index (χ4v) is 3.10. The van der Waals surface area contributed by atoms with Gasteiger partial charge in [-0.1, -0.05) is 26.8 Å². The maximum atomic E-state index is 12.6. The number of fused-ring (bicyclic) bond motifs is 1. The van der Waals surface area contributed by atoms with Crippen LogP contribution >= 0.6 is 0 Å². The Bertz CT molecular complexity index is 829. The minimum absolute atomic E-state index is 0.0520. The van der Waals surface area contributed by atoms with Gasteiger partial charge in [0.15, 0.2) is 11.5 Å². The number of rotatable bonds is 3. The summed E-state index contributed by atoms with van der Waals surface area (Å²) in [6, 6.07) is 5.61. The van der Waals surface area contributed by atoms with Crippen LogP contribution in [0.5, 0.6) is 0 Å². The maximum absolute atomic E-state index is 12.6. The number of hydrogen-bond donors (Lipinski definition) is 1. The van der Waals surface area contributed by atoms with E-state index in [0.717, 1.165) is 16.7 Å². The molecule has 7 nitrogen and oxygen atoms in total. The molecular weight excluding hydrogens is 344 g/mol. The van der Waals surface area contributed by atoms with E-state index < -0.39 is 0 Å². The Morgan fingerprint density at radius 1 is 1.15 bits per heavy atom. The predicted octanol–water partition coefficient (Wildman–Crippen LogP) is 2.58. The number of nitrogens with zero attached hydrogens (tertiary/aromatic N) is 3. The zero-order valence-corrected chi connectivity index (χ0v) is 16.5. The number of nitrogens with one attached hydrogen (secondary N) is 1. The van der Waals surface area contributed by atoms with E-state index in [4.69, 9.17) is 4.42 Å². The van der Waals surface area contributed by atoms with Crippen LogP contribution in [0.1, 0.15) is 32.2 Å². The van der Waals surface area contributed by atoms with Crippen molar-refractivity contribution in [3.63, 3.8) is 0 Å². The Balaban J connectivity index is 1.51. The van der Waals surface area contributed by atoms with Crippen LogP contribution < -0.4 is 5.32 Å². The number of benzene rings is 1. The van der Waals surface area contributed by atoms with Crippen molar-refractivity contribution < 1.29 is 14.0 Å². The van der Waals surface area contributed by atoms with Gasteiger partial charge in [-0.15, -0.1) is 0 Å². The topological polar surface area (TPSA) is 78.7 Å². The molecule has 3 amide bonds. The van der Waals surface area contributed by atoms with Crippen LogP contribution in [0.3, 0.4) is 0 Å². The van der Waals surface area contributed by atoms with Crippen LogP contribution in [0.2, 0.25) is 0 Å². The summed E-state index contributed by atoms with van der Waals surface area (Å²) in [5, 5.41) is 2.96. The molecule has 0 unspecified atom stereocenters. The zero-order chi connectivity index (χ0) is 19.6. The lowest BCUT2D eigenvalue weighted by Gasteiger charge is -2.35. The molecule has 7 heteroatoms. The highest BCUT2D eigenvalue weighted by Crippen LogP contribution is 2.18. The standard InChI is InChI=1S/C20H28N4O3/c1-14-22-16-11-15(5-6-17(16)27-14)12-18(25)23-7-9-24(10-8-23)19(26)21-13-20(2,3)4/h5-6,11H,7-10,12-13H2,1-4H3,(H,21,26). The van der Waals surface area contributed by atoms with Gasteiger partial charge in [0, 0.05) is 39.6 Å². The van der Waals surface area contributed by atoms with Crippen molar-refractivity contribution in [1.29, 1.82) is 0 Å². The summed E-state index contributed by atoms with van der Waals surface area (Å²) in [4.78, 5) is 32.8. The fraction of sp³-hybridized carbons (Fsp3) is 0.550. The van der Waals surface area contributed by atoms with Gasteiger partial charge in [0.2, 0.25) is 5.91 Å². The largest absolute Gasteiger partial charge is 0.441 e. The predicted molar refractivity (Wildman–Crippen MR) is 103 cm³/mol. The van der Waals surface area contributed by atoms with E-state index in [-0.39, 0.29) is 17.4 Å². The van der Waals surface area contributed by atoms with Crippen molar-refractivity contribution in [3.05, 3.63) is 29.7 Å². The minimum atomic E-state index is -0.0520. The van der Waals surface area contributed by atoms with Crippen molar-refractivity contribution in [2.24, 2.45) is 5.41 Å². The van der Waals surface area contributed by atoms with Gasteiger partial charge in [0.1, 0.15) is 5.52 Å². The number of carbonyl (C=O) groups is 2. The minimum Gasteiger partial charge on any atom is -0.441 e. The second kappa shape index (κ2) is 7.58. The monoisotopic (exact) mass is 372 g/mol. The Labute approximate surface area is 159 Å². The molecule has 0 aliphatic carbocycles. The molecule has 0 bridgehead atoms. The third kappa shape index (κ3) is 4.99. The maximum Gasteiger partial charge on any atom is 0.317 e. The van der Waals surface area contributed by atoms with Crippen LogP contribution in [-0.4, -0.2) is 59.4 Å². The molecule has 0 spiro atoms. The zero-order valence-electron chi connectivity index (χ0n) is 16.5. The van der Waals surface area contributed by atoms with Crippen molar-refractivity contribution in [1.82, 2.24) is 20.1 Å². The van der Waals surface area contributed by atoms with E-state index in [0.29, 0.717) is 45.0 Å². The van der Waals surface area contributed by atoms with E-state index in [1.165, 1.54) is 0 Å². The first-order chi connectivity index (χ1) is 12.7. The number of urea groups is 1. The van der Waals surface area contributed by atoms with Gasteiger partial charge in [0.05, 0.1) is 6.42 Å². The molecule has 1 aromatic heterocycles. The van der Waals surface area contributed by atoms with Crippen LogP contribution in [0.25, 0.3) is 11.1 Å². The van der Waals surface area contributed by atoms with Gasteiger partial charge >= 0.3 is 6.03 Å². The first kappa shape index (κ1) is 19.2. The van der Waals surface area contributed by atoms with Gasteiger partial charge < -0.3 is 19.5 Å². The molecule has 1 aliphatic rings. The molecule has 0 radical (unpaired) electrons. The lowest BCUT2D eigenvalue weighted by atomic mass is 9.97. The molecule has 1 saturated heterocycles. The van der Waals surface area contributed by atoms with Gasteiger partial charge in [-0.05, 0) is 23.1 Å².